The lowest BCUT2D eigenvalue weighted by molar-refractivity contribution is 0.0963. The molecule has 2 aliphatic heterocycles. The van der Waals surface area contributed by atoms with Crippen molar-refractivity contribution in [1.29, 1.82) is 0 Å². The molecule has 0 radical (unpaired) electrons. The number of carbonyl (C=O) groups excluding carboxylic acids is 1. The number of amides is 1. The molecule has 2 N–H and O–H groups in total. The van der Waals surface area contributed by atoms with Gasteiger partial charge < -0.3 is 30.1 Å². The average Bonchev–Trinajstić information content (AvgIpc) is 2.78. The van der Waals surface area contributed by atoms with E-state index in [9.17, 15) is 4.79 Å². The van der Waals surface area contributed by atoms with E-state index in [1.165, 1.54) is 5.56 Å². The maximum Gasteiger partial charge on any atom is 0.409 e. The van der Waals surface area contributed by atoms with E-state index in [0.29, 0.717) is 32.3 Å². The normalized spacial score (nSPS) is 18.4. The van der Waals surface area contributed by atoms with Crippen LogP contribution in [0.4, 0.5) is 10.6 Å². The number of halogens is 1. The zero-order valence-corrected chi connectivity index (χ0v) is 21.2. The van der Waals surface area contributed by atoms with Crippen LogP contribution < -0.4 is 15.5 Å². The van der Waals surface area contributed by atoms with E-state index in [0.717, 1.165) is 50.8 Å². The molecule has 0 saturated carbocycles. The number of pyridine rings is 1. The van der Waals surface area contributed by atoms with E-state index in [4.69, 9.17) is 4.74 Å². The van der Waals surface area contributed by atoms with Crippen molar-refractivity contribution >= 4 is 41.8 Å². The highest BCUT2D eigenvalue weighted by Crippen LogP contribution is 2.15. The molecule has 2 fully saturated rings. The quantitative estimate of drug-likeness (QED) is 0.331. The van der Waals surface area contributed by atoms with Gasteiger partial charge >= 0.3 is 6.09 Å². The Morgan fingerprint density at radius 1 is 1.23 bits per heavy atom. The summed E-state index contributed by atoms with van der Waals surface area (Å²) in [4.78, 5) is 27.2. The third kappa shape index (κ3) is 7.67. The minimum atomic E-state index is -0.215. The van der Waals surface area contributed by atoms with Gasteiger partial charge in [-0.3, -0.25) is 4.99 Å². The molecular weight excluding hydrogens is 509 g/mol. The van der Waals surface area contributed by atoms with Crippen LogP contribution >= 0.6 is 24.0 Å². The molecule has 0 aliphatic carbocycles. The van der Waals surface area contributed by atoms with Crippen molar-refractivity contribution in [2.24, 2.45) is 4.99 Å². The van der Waals surface area contributed by atoms with Crippen LogP contribution in [-0.2, 0) is 11.3 Å². The number of hydrogen-bond acceptors (Lipinski definition) is 6. The van der Waals surface area contributed by atoms with Gasteiger partial charge in [-0.15, -0.1) is 24.0 Å². The molecule has 0 unspecified atom stereocenters. The molecule has 1 aromatic heterocycles. The third-order valence-corrected chi connectivity index (χ3v) is 5.68. The first kappa shape index (κ1) is 25.4. The number of anilines is 1. The molecular formula is C21H36IN7O2. The van der Waals surface area contributed by atoms with E-state index in [1.54, 1.807) is 11.9 Å². The first-order valence-corrected chi connectivity index (χ1v) is 10.9. The number of aromatic nitrogens is 1. The number of nitrogens with zero attached hydrogens (tertiary/aromatic N) is 5. The number of piperazine rings is 1. The maximum absolute atomic E-state index is 11.8. The topological polar surface area (TPSA) is 85.3 Å². The lowest BCUT2D eigenvalue weighted by Crippen LogP contribution is -2.49. The Balaban J connectivity index is 0.00000341. The number of hydrogen-bond donors (Lipinski definition) is 2. The van der Waals surface area contributed by atoms with Crippen molar-refractivity contribution in [3.05, 3.63) is 23.9 Å². The van der Waals surface area contributed by atoms with E-state index in [2.05, 4.69) is 43.5 Å². The van der Waals surface area contributed by atoms with E-state index < -0.39 is 0 Å². The summed E-state index contributed by atoms with van der Waals surface area (Å²) < 4.78 is 5.08. The van der Waals surface area contributed by atoms with Crippen LogP contribution in [0.5, 0.6) is 0 Å². The number of piperidine rings is 1. The van der Waals surface area contributed by atoms with Crippen molar-refractivity contribution in [2.75, 3.05) is 64.9 Å². The number of guanidine groups is 1. The maximum atomic E-state index is 11.8. The Kier molecular flexibility index (Phi) is 10.6. The predicted octanol–water partition coefficient (Wildman–Crippen LogP) is 1.74. The van der Waals surface area contributed by atoms with Gasteiger partial charge in [0.2, 0.25) is 0 Å². The molecule has 9 nitrogen and oxygen atoms in total. The second kappa shape index (κ2) is 12.9. The second-order valence-corrected chi connectivity index (χ2v) is 7.84. The molecule has 0 atom stereocenters. The molecule has 0 spiro atoms. The van der Waals surface area contributed by atoms with Gasteiger partial charge in [0.05, 0.1) is 6.61 Å². The largest absolute Gasteiger partial charge is 0.450 e. The van der Waals surface area contributed by atoms with Gasteiger partial charge in [0.1, 0.15) is 5.82 Å². The Labute approximate surface area is 202 Å². The molecule has 1 aromatic rings. The molecule has 3 heterocycles. The molecule has 0 bridgehead atoms. The predicted molar refractivity (Wildman–Crippen MR) is 134 cm³/mol. The summed E-state index contributed by atoms with van der Waals surface area (Å²) in [5.74, 6) is 1.82. The molecule has 2 aliphatic rings. The zero-order chi connectivity index (χ0) is 21.3. The van der Waals surface area contributed by atoms with Gasteiger partial charge in [-0.2, -0.15) is 0 Å². The minimum Gasteiger partial charge on any atom is -0.450 e. The molecule has 1 amide bonds. The van der Waals surface area contributed by atoms with Crippen molar-refractivity contribution in [2.45, 2.75) is 32.4 Å². The summed E-state index contributed by atoms with van der Waals surface area (Å²) in [6.07, 6.45) is 3.42. The average molecular weight is 545 g/mol. The SMILES string of the molecule is CCOC(=O)N1CCC(NC(=NC)NCc2ccnc(N3CCN(C)CC3)c2)CC1.I. The summed E-state index contributed by atoms with van der Waals surface area (Å²) >= 11 is 0. The fourth-order valence-corrected chi connectivity index (χ4v) is 3.77. The number of likely N-dealkylation sites (tertiary alicyclic amines) is 1. The fourth-order valence-electron chi connectivity index (χ4n) is 3.77. The molecule has 0 aromatic carbocycles. The Hall–Kier alpha value is -1.82. The third-order valence-electron chi connectivity index (χ3n) is 5.68. The van der Waals surface area contributed by atoms with E-state index in [-0.39, 0.29) is 30.1 Å². The van der Waals surface area contributed by atoms with Crippen LogP contribution in [0.25, 0.3) is 0 Å². The lowest BCUT2D eigenvalue weighted by atomic mass is 10.1. The molecule has 31 heavy (non-hydrogen) atoms. The van der Waals surface area contributed by atoms with Gasteiger partial charge in [-0.1, -0.05) is 0 Å². The van der Waals surface area contributed by atoms with Gasteiger partial charge in [-0.05, 0) is 44.5 Å². The van der Waals surface area contributed by atoms with Crippen molar-refractivity contribution < 1.29 is 9.53 Å². The highest BCUT2D eigenvalue weighted by molar-refractivity contribution is 14.0. The first-order valence-electron chi connectivity index (χ1n) is 10.9. The highest BCUT2D eigenvalue weighted by atomic mass is 127. The summed E-state index contributed by atoms with van der Waals surface area (Å²) in [6.45, 7) is 8.48. The smallest absolute Gasteiger partial charge is 0.409 e. The van der Waals surface area contributed by atoms with Crippen LogP contribution in [0.15, 0.2) is 23.3 Å². The van der Waals surface area contributed by atoms with Crippen LogP contribution in [0.2, 0.25) is 0 Å². The zero-order valence-electron chi connectivity index (χ0n) is 18.8. The van der Waals surface area contributed by atoms with Gasteiger partial charge in [-0.25, -0.2) is 9.78 Å². The van der Waals surface area contributed by atoms with Crippen molar-refractivity contribution in [3.63, 3.8) is 0 Å². The Morgan fingerprint density at radius 2 is 1.94 bits per heavy atom. The van der Waals surface area contributed by atoms with E-state index >= 15 is 0 Å². The van der Waals surface area contributed by atoms with Crippen LogP contribution in [0, 0.1) is 0 Å². The van der Waals surface area contributed by atoms with Crippen LogP contribution in [-0.4, -0.2) is 92.8 Å². The summed E-state index contributed by atoms with van der Waals surface area (Å²) in [6, 6.07) is 4.49. The Bertz CT molecular complexity index is 717. The van der Waals surface area contributed by atoms with Gasteiger partial charge in [0.25, 0.3) is 0 Å². The van der Waals surface area contributed by atoms with Gasteiger partial charge in [0.15, 0.2) is 5.96 Å². The van der Waals surface area contributed by atoms with Crippen molar-refractivity contribution in [1.82, 2.24) is 25.4 Å². The number of rotatable bonds is 5. The molecule has 3 rings (SSSR count). The monoisotopic (exact) mass is 545 g/mol. The molecule has 10 heteroatoms. The number of nitrogens with one attached hydrogen (secondary N) is 2. The standard InChI is InChI=1S/C21H35N7O2.HI/c1-4-30-21(29)28-9-6-18(7-10-28)25-20(22-2)24-16-17-5-8-23-19(15-17)27-13-11-26(3)12-14-27;/h5,8,15,18H,4,6-7,9-14,16H2,1-3H3,(H2,22,24,25);1H. The van der Waals surface area contributed by atoms with Gasteiger partial charge in [0, 0.05) is 65.1 Å². The highest BCUT2D eigenvalue weighted by Gasteiger charge is 2.24. The number of ether oxygens (including phenoxy) is 1. The number of aliphatic imine (C=N–C) groups is 1. The van der Waals surface area contributed by atoms with Crippen molar-refractivity contribution in [3.8, 4) is 0 Å². The first-order chi connectivity index (χ1) is 14.6. The lowest BCUT2D eigenvalue weighted by Gasteiger charge is -2.33. The van der Waals surface area contributed by atoms with Crippen LogP contribution in [0.1, 0.15) is 25.3 Å². The molecule has 174 valence electrons. The Morgan fingerprint density at radius 3 is 2.58 bits per heavy atom. The fraction of sp³-hybridized carbons (Fsp3) is 0.667. The summed E-state index contributed by atoms with van der Waals surface area (Å²) in [5, 5.41) is 6.88. The second-order valence-electron chi connectivity index (χ2n) is 7.84. The summed E-state index contributed by atoms with van der Waals surface area (Å²) in [5.41, 5.74) is 1.18. The summed E-state index contributed by atoms with van der Waals surface area (Å²) in [7, 11) is 3.94. The van der Waals surface area contributed by atoms with E-state index in [1.807, 2.05) is 19.2 Å². The number of likely N-dealkylation sites (N-methyl/N-ethyl adjacent to an activating group) is 1. The molecule has 2 saturated heterocycles. The van der Waals surface area contributed by atoms with Crippen LogP contribution in [0.3, 0.4) is 0 Å². The number of carbonyl (C=O) groups is 1. The minimum absolute atomic E-state index is 0.